The number of hydrogen-bond acceptors (Lipinski definition) is 4. The zero-order valence-corrected chi connectivity index (χ0v) is 17.6. The molecule has 3 rings (SSSR count). The number of aryl methyl sites for hydroxylation is 1. The molecule has 5 nitrogen and oxygen atoms in total. The minimum absolute atomic E-state index is 0.282. The summed E-state index contributed by atoms with van der Waals surface area (Å²) in [6.45, 7) is 5.59. The standard InChI is InChI=1S/C22H23FN2O3S/c1-5-18-13(2)21(16-8-6-7-9-19(16)25-18)22(26)24-14(3)15-10-11-20(17(23)12-15)29(4,27)28/h6-12,14H,5H2,1-4H3,(H,24,26). The first-order valence-corrected chi connectivity index (χ1v) is 11.2. The largest absolute Gasteiger partial charge is 0.345 e. The van der Waals surface area contributed by atoms with Crippen LogP contribution in [-0.2, 0) is 16.3 Å². The third kappa shape index (κ3) is 4.15. The first-order chi connectivity index (χ1) is 13.6. The number of benzene rings is 2. The smallest absolute Gasteiger partial charge is 0.252 e. The predicted molar refractivity (Wildman–Crippen MR) is 111 cm³/mol. The van der Waals surface area contributed by atoms with Crippen molar-refractivity contribution in [2.24, 2.45) is 0 Å². The topological polar surface area (TPSA) is 76.1 Å². The van der Waals surface area contributed by atoms with Crippen LogP contribution in [0.5, 0.6) is 0 Å². The van der Waals surface area contributed by atoms with E-state index in [4.69, 9.17) is 0 Å². The lowest BCUT2D eigenvalue weighted by Crippen LogP contribution is -2.28. The molecule has 3 aromatic rings. The van der Waals surface area contributed by atoms with Gasteiger partial charge in [-0.15, -0.1) is 0 Å². The quantitative estimate of drug-likeness (QED) is 0.681. The Balaban J connectivity index is 1.97. The zero-order chi connectivity index (χ0) is 21.3. The maximum Gasteiger partial charge on any atom is 0.252 e. The average Bonchev–Trinajstić information content (AvgIpc) is 2.66. The van der Waals surface area contributed by atoms with Gasteiger partial charge in [0.15, 0.2) is 9.84 Å². The Morgan fingerprint density at radius 1 is 1.21 bits per heavy atom. The Morgan fingerprint density at radius 2 is 1.90 bits per heavy atom. The summed E-state index contributed by atoms with van der Waals surface area (Å²) < 4.78 is 37.4. The van der Waals surface area contributed by atoms with Crippen molar-refractivity contribution in [3.8, 4) is 0 Å². The van der Waals surface area contributed by atoms with Crippen LogP contribution < -0.4 is 5.32 Å². The summed E-state index contributed by atoms with van der Waals surface area (Å²) in [4.78, 5) is 17.4. The van der Waals surface area contributed by atoms with Crippen molar-refractivity contribution in [2.75, 3.05) is 6.26 Å². The third-order valence-electron chi connectivity index (χ3n) is 5.00. The number of aromatic nitrogens is 1. The van der Waals surface area contributed by atoms with Crippen LogP contribution in [0.3, 0.4) is 0 Å². The van der Waals surface area contributed by atoms with Crippen molar-refractivity contribution < 1.29 is 17.6 Å². The summed E-state index contributed by atoms with van der Waals surface area (Å²) in [6.07, 6.45) is 1.66. The minimum Gasteiger partial charge on any atom is -0.345 e. The molecule has 0 fully saturated rings. The maximum atomic E-state index is 14.2. The van der Waals surface area contributed by atoms with Gasteiger partial charge >= 0.3 is 0 Å². The molecule has 0 spiro atoms. The van der Waals surface area contributed by atoms with Crippen LogP contribution >= 0.6 is 0 Å². The van der Waals surface area contributed by atoms with Crippen molar-refractivity contribution >= 4 is 26.6 Å². The number of para-hydroxylation sites is 1. The van der Waals surface area contributed by atoms with Crippen LogP contribution in [0.1, 0.15) is 47.1 Å². The Bertz CT molecular complexity index is 1210. The van der Waals surface area contributed by atoms with Gasteiger partial charge in [-0.05, 0) is 49.6 Å². The number of rotatable bonds is 5. The average molecular weight is 415 g/mol. The molecule has 1 amide bonds. The van der Waals surface area contributed by atoms with Gasteiger partial charge in [0.2, 0.25) is 0 Å². The molecule has 0 saturated carbocycles. The van der Waals surface area contributed by atoms with Crippen LogP contribution in [0.15, 0.2) is 47.4 Å². The summed E-state index contributed by atoms with van der Waals surface area (Å²) in [5.41, 5.74) is 3.44. The summed E-state index contributed by atoms with van der Waals surface area (Å²) in [5.74, 6) is -1.11. The fourth-order valence-electron chi connectivity index (χ4n) is 3.43. The van der Waals surface area contributed by atoms with Gasteiger partial charge in [-0.2, -0.15) is 0 Å². The van der Waals surface area contributed by atoms with E-state index in [0.717, 1.165) is 34.5 Å². The van der Waals surface area contributed by atoms with E-state index in [9.17, 15) is 17.6 Å². The SMILES string of the molecule is CCc1nc2ccccc2c(C(=O)NC(C)c2ccc(S(C)(=O)=O)c(F)c2)c1C. The second-order valence-electron chi connectivity index (χ2n) is 7.09. The second kappa shape index (κ2) is 7.91. The van der Waals surface area contributed by atoms with Gasteiger partial charge in [0.1, 0.15) is 10.7 Å². The number of nitrogens with zero attached hydrogens (tertiary/aromatic N) is 1. The van der Waals surface area contributed by atoms with E-state index in [-0.39, 0.29) is 10.8 Å². The highest BCUT2D eigenvalue weighted by Gasteiger charge is 2.21. The normalized spacial score (nSPS) is 12.7. The summed E-state index contributed by atoms with van der Waals surface area (Å²) >= 11 is 0. The summed E-state index contributed by atoms with van der Waals surface area (Å²) in [6, 6.07) is 10.8. The number of amides is 1. The van der Waals surface area contributed by atoms with Gasteiger partial charge in [0.25, 0.3) is 5.91 Å². The van der Waals surface area contributed by atoms with E-state index in [2.05, 4.69) is 10.3 Å². The van der Waals surface area contributed by atoms with Crippen LogP contribution in [0, 0.1) is 12.7 Å². The molecule has 2 aromatic carbocycles. The van der Waals surface area contributed by atoms with Gasteiger partial charge in [-0.25, -0.2) is 12.8 Å². The number of sulfone groups is 1. The summed E-state index contributed by atoms with van der Waals surface area (Å²) in [5, 5.41) is 3.65. The van der Waals surface area contributed by atoms with Crippen LogP contribution in [0.4, 0.5) is 4.39 Å². The van der Waals surface area contributed by atoms with Gasteiger partial charge in [0, 0.05) is 17.3 Å². The molecule has 1 heterocycles. The Labute approximate surface area is 169 Å². The fraction of sp³-hybridized carbons (Fsp3) is 0.273. The molecule has 0 saturated heterocycles. The van der Waals surface area contributed by atoms with Crippen molar-refractivity contribution in [1.82, 2.24) is 10.3 Å². The molecular formula is C22H23FN2O3S. The fourth-order valence-corrected chi connectivity index (χ4v) is 4.16. The van der Waals surface area contributed by atoms with Crippen LogP contribution in [0.25, 0.3) is 10.9 Å². The van der Waals surface area contributed by atoms with Crippen molar-refractivity contribution in [2.45, 2.75) is 38.1 Å². The molecule has 0 aliphatic carbocycles. The Morgan fingerprint density at radius 3 is 2.52 bits per heavy atom. The molecule has 29 heavy (non-hydrogen) atoms. The second-order valence-corrected chi connectivity index (χ2v) is 9.07. The van der Waals surface area contributed by atoms with Crippen molar-refractivity contribution in [3.05, 3.63) is 70.7 Å². The van der Waals surface area contributed by atoms with Gasteiger partial charge in [-0.3, -0.25) is 9.78 Å². The van der Waals surface area contributed by atoms with E-state index in [1.807, 2.05) is 38.1 Å². The summed E-state index contributed by atoms with van der Waals surface area (Å²) in [7, 11) is -3.65. The predicted octanol–water partition coefficient (Wildman–Crippen LogP) is 4.14. The molecule has 152 valence electrons. The Hall–Kier alpha value is -2.80. The molecule has 0 aliphatic rings. The number of pyridine rings is 1. The first kappa shape index (κ1) is 20.9. The van der Waals surface area contributed by atoms with Gasteiger partial charge in [0.05, 0.1) is 17.1 Å². The van der Waals surface area contributed by atoms with E-state index < -0.39 is 21.7 Å². The molecule has 1 aromatic heterocycles. The highest BCUT2D eigenvalue weighted by atomic mass is 32.2. The maximum absolute atomic E-state index is 14.2. The minimum atomic E-state index is -3.65. The number of carbonyl (C=O) groups excluding carboxylic acids is 1. The molecule has 7 heteroatoms. The van der Waals surface area contributed by atoms with E-state index >= 15 is 0 Å². The van der Waals surface area contributed by atoms with Crippen molar-refractivity contribution in [3.63, 3.8) is 0 Å². The molecule has 1 N–H and O–H groups in total. The number of halogens is 1. The highest BCUT2D eigenvalue weighted by molar-refractivity contribution is 7.90. The molecule has 0 aliphatic heterocycles. The zero-order valence-electron chi connectivity index (χ0n) is 16.8. The van der Waals surface area contributed by atoms with Crippen LogP contribution in [0.2, 0.25) is 0 Å². The molecule has 1 unspecified atom stereocenters. The van der Waals surface area contributed by atoms with Gasteiger partial charge in [-0.1, -0.05) is 31.2 Å². The lowest BCUT2D eigenvalue weighted by atomic mass is 9.99. The molecular weight excluding hydrogens is 391 g/mol. The van der Waals surface area contributed by atoms with E-state index in [0.29, 0.717) is 17.5 Å². The number of fused-ring (bicyclic) bond motifs is 1. The van der Waals surface area contributed by atoms with Gasteiger partial charge < -0.3 is 5.32 Å². The van der Waals surface area contributed by atoms with Crippen molar-refractivity contribution in [1.29, 1.82) is 0 Å². The highest BCUT2D eigenvalue weighted by Crippen LogP contribution is 2.25. The first-order valence-electron chi connectivity index (χ1n) is 9.32. The molecule has 1 atom stereocenters. The number of hydrogen-bond donors (Lipinski definition) is 1. The molecule has 0 radical (unpaired) electrons. The van der Waals surface area contributed by atoms with E-state index in [1.165, 1.54) is 12.1 Å². The van der Waals surface area contributed by atoms with E-state index in [1.54, 1.807) is 6.92 Å². The molecule has 0 bridgehead atoms. The lowest BCUT2D eigenvalue weighted by molar-refractivity contribution is 0.0940. The lowest BCUT2D eigenvalue weighted by Gasteiger charge is -2.18. The van der Waals surface area contributed by atoms with Crippen LogP contribution in [-0.4, -0.2) is 25.6 Å². The third-order valence-corrected chi connectivity index (χ3v) is 6.13. The number of nitrogens with one attached hydrogen (secondary N) is 1. The Kier molecular flexibility index (Phi) is 5.71. The monoisotopic (exact) mass is 414 g/mol. The number of carbonyl (C=O) groups is 1.